The van der Waals surface area contributed by atoms with Crippen molar-refractivity contribution in [2.45, 2.75) is 20.3 Å². The largest absolute Gasteiger partial charge is 0.493 e. The number of nitrogens with one attached hydrogen (secondary N) is 1. The third-order valence-electron chi connectivity index (χ3n) is 2.35. The molecule has 1 N–H and O–H groups in total. The highest BCUT2D eigenvalue weighted by molar-refractivity contribution is 6.27. The second kappa shape index (κ2) is 7.17. The summed E-state index contributed by atoms with van der Waals surface area (Å²) in [6, 6.07) is 6.09. The third-order valence-corrected chi connectivity index (χ3v) is 2.60. The fourth-order valence-electron chi connectivity index (χ4n) is 1.49. The van der Waals surface area contributed by atoms with Crippen LogP contribution < -0.4 is 10.1 Å². The Morgan fingerprint density at radius 2 is 2.18 bits per heavy atom. The van der Waals surface area contributed by atoms with E-state index in [1.54, 1.807) is 0 Å². The standard InChI is InChI=1S/C13H18ClNO2/c1-10-4-5-12(11(2)8-10)17-7-3-6-15-13(16)9-14/h4-5,8H,3,6-7,9H2,1-2H3,(H,15,16). The van der Waals surface area contributed by atoms with Gasteiger partial charge in [-0.15, -0.1) is 11.6 Å². The molecule has 0 atom stereocenters. The smallest absolute Gasteiger partial charge is 0.234 e. The molecule has 0 spiro atoms. The van der Waals surface area contributed by atoms with E-state index in [0.717, 1.165) is 17.7 Å². The molecule has 0 aliphatic rings. The van der Waals surface area contributed by atoms with Crippen molar-refractivity contribution in [3.8, 4) is 5.75 Å². The van der Waals surface area contributed by atoms with Gasteiger partial charge in [0.05, 0.1) is 6.61 Å². The molecule has 0 saturated carbocycles. The number of carbonyl (C=O) groups excluding carboxylic acids is 1. The highest BCUT2D eigenvalue weighted by atomic mass is 35.5. The molecule has 17 heavy (non-hydrogen) atoms. The Labute approximate surface area is 107 Å². The molecular formula is C13H18ClNO2. The van der Waals surface area contributed by atoms with Gasteiger partial charge in [0.25, 0.3) is 0 Å². The molecule has 0 fully saturated rings. The Bertz CT molecular complexity index is 380. The predicted octanol–water partition coefficient (Wildman–Crippen LogP) is 2.43. The maximum absolute atomic E-state index is 10.9. The molecule has 0 unspecified atom stereocenters. The normalized spacial score (nSPS) is 10.1. The first-order chi connectivity index (χ1) is 8.13. The quantitative estimate of drug-likeness (QED) is 0.626. The van der Waals surface area contributed by atoms with E-state index in [4.69, 9.17) is 16.3 Å². The number of rotatable bonds is 6. The van der Waals surface area contributed by atoms with Crippen LogP contribution in [-0.2, 0) is 4.79 Å². The van der Waals surface area contributed by atoms with E-state index in [9.17, 15) is 4.79 Å². The molecule has 0 aliphatic carbocycles. The number of halogens is 1. The van der Waals surface area contributed by atoms with Gasteiger partial charge in [-0.1, -0.05) is 17.7 Å². The maximum Gasteiger partial charge on any atom is 0.234 e. The second-order valence-electron chi connectivity index (χ2n) is 3.95. The van der Waals surface area contributed by atoms with Gasteiger partial charge in [0.2, 0.25) is 5.91 Å². The van der Waals surface area contributed by atoms with E-state index >= 15 is 0 Å². The Morgan fingerprint density at radius 3 is 2.82 bits per heavy atom. The number of benzene rings is 1. The van der Waals surface area contributed by atoms with Crippen LogP contribution in [0.15, 0.2) is 18.2 Å². The summed E-state index contributed by atoms with van der Waals surface area (Å²) in [6.45, 7) is 5.26. The Kier molecular flexibility index (Phi) is 5.84. The first-order valence-corrected chi connectivity index (χ1v) is 6.19. The lowest BCUT2D eigenvalue weighted by molar-refractivity contribution is -0.118. The van der Waals surface area contributed by atoms with E-state index in [1.807, 2.05) is 19.1 Å². The number of hydrogen-bond acceptors (Lipinski definition) is 2. The summed E-state index contributed by atoms with van der Waals surface area (Å²) in [5, 5.41) is 2.69. The van der Waals surface area contributed by atoms with Crippen molar-refractivity contribution >= 4 is 17.5 Å². The van der Waals surface area contributed by atoms with Gasteiger partial charge >= 0.3 is 0 Å². The minimum atomic E-state index is -0.141. The van der Waals surface area contributed by atoms with Crippen LogP contribution in [0.1, 0.15) is 17.5 Å². The average Bonchev–Trinajstić information content (AvgIpc) is 2.30. The highest BCUT2D eigenvalue weighted by Gasteiger charge is 2.00. The predicted molar refractivity (Wildman–Crippen MR) is 69.8 cm³/mol. The summed E-state index contributed by atoms with van der Waals surface area (Å²) < 4.78 is 5.62. The monoisotopic (exact) mass is 255 g/mol. The molecule has 1 rings (SSSR count). The minimum absolute atomic E-state index is 0.0118. The van der Waals surface area contributed by atoms with Crippen LogP contribution in [0.2, 0.25) is 0 Å². The van der Waals surface area contributed by atoms with E-state index in [-0.39, 0.29) is 11.8 Å². The Morgan fingerprint density at radius 1 is 1.41 bits per heavy atom. The highest BCUT2D eigenvalue weighted by Crippen LogP contribution is 2.18. The summed E-state index contributed by atoms with van der Waals surface area (Å²) in [7, 11) is 0. The van der Waals surface area contributed by atoms with Crippen molar-refractivity contribution in [3.63, 3.8) is 0 Å². The molecule has 1 aromatic carbocycles. The van der Waals surface area contributed by atoms with Crippen molar-refractivity contribution in [2.24, 2.45) is 0 Å². The molecule has 0 saturated heterocycles. The van der Waals surface area contributed by atoms with Gasteiger partial charge in [-0.25, -0.2) is 0 Å². The summed E-state index contributed by atoms with van der Waals surface area (Å²) in [4.78, 5) is 10.9. The van der Waals surface area contributed by atoms with Crippen LogP contribution in [0.25, 0.3) is 0 Å². The zero-order valence-corrected chi connectivity index (χ0v) is 11.0. The summed E-state index contributed by atoms with van der Waals surface area (Å²) in [5.41, 5.74) is 2.36. The number of amides is 1. The number of hydrogen-bond donors (Lipinski definition) is 1. The molecule has 0 aliphatic heterocycles. The number of carbonyl (C=O) groups is 1. The third kappa shape index (κ3) is 5.09. The van der Waals surface area contributed by atoms with Gasteiger partial charge in [0, 0.05) is 6.54 Å². The molecule has 0 heterocycles. The molecule has 3 nitrogen and oxygen atoms in total. The van der Waals surface area contributed by atoms with Crippen LogP contribution in [0.5, 0.6) is 5.75 Å². The summed E-state index contributed by atoms with van der Waals surface area (Å²) in [6.07, 6.45) is 0.774. The topological polar surface area (TPSA) is 38.3 Å². The number of aryl methyl sites for hydroxylation is 2. The van der Waals surface area contributed by atoms with Crippen LogP contribution in [0, 0.1) is 13.8 Å². The second-order valence-corrected chi connectivity index (χ2v) is 4.22. The molecular weight excluding hydrogens is 238 g/mol. The molecule has 0 aromatic heterocycles. The van der Waals surface area contributed by atoms with E-state index in [2.05, 4.69) is 18.3 Å². The molecule has 1 amide bonds. The fourth-order valence-corrected chi connectivity index (χ4v) is 1.59. The van der Waals surface area contributed by atoms with Crippen molar-refractivity contribution in [1.82, 2.24) is 5.32 Å². The van der Waals surface area contributed by atoms with Crippen LogP contribution in [0.4, 0.5) is 0 Å². The lowest BCUT2D eigenvalue weighted by Crippen LogP contribution is -2.26. The SMILES string of the molecule is Cc1ccc(OCCCNC(=O)CCl)c(C)c1. The summed E-state index contributed by atoms with van der Waals surface area (Å²) >= 11 is 5.35. The van der Waals surface area contributed by atoms with E-state index in [1.165, 1.54) is 5.56 Å². The molecule has 0 radical (unpaired) electrons. The maximum atomic E-state index is 10.9. The first kappa shape index (κ1) is 13.8. The molecule has 0 bridgehead atoms. The Hall–Kier alpha value is -1.22. The van der Waals surface area contributed by atoms with Gasteiger partial charge in [-0.2, -0.15) is 0 Å². The fraction of sp³-hybridized carbons (Fsp3) is 0.462. The lowest BCUT2D eigenvalue weighted by atomic mass is 10.1. The molecule has 1 aromatic rings. The van der Waals surface area contributed by atoms with Gasteiger partial charge < -0.3 is 10.1 Å². The molecule has 94 valence electrons. The molecule has 4 heteroatoms. The average molecular weight is 256 g/mol. The van der Waals surface area contributed by atoms with Gasteiger partial charge in [-0.3, -0.25) is 4.79 Å². The van der Waals surface area contributed by atoms with Crippen molar-refractivity contribution in [3.05, 3.63) is 29.3 Å². The van der Waals surface area contributed by atoms with Gasteiger partial charge in [-0.05, 0) is 31.9 Å². The summed E-state index contributed by atoms with van der Waals surface area (Å²) in [5.74, 6) is 0.773. The van der Waals surface area contributed by atoms with Crippen molar-refractivity contribution in [2.75, 3.05) is 19.0 Å². The van der Waals surface area contributed by atoms with Crippen LogP contribution in [0.3, 0.4) is 0 Å². The first-order valence-electron chi connectivity index (χ1n) is 5.66. The Balaban J connectivity index is 2.24. The zero-order chi connectivity index (χ0) is 12.7. The minimum Gasteiger partial charge on any atom is -0.493 e. The van der Waals surface area contributed by atoms with Crippen LogP contribution in [-0.4, -0.2) is 24.9 Å². The van der Waals surface area contributed by atoms with Crippen molar-refractivity contribution < 1.29 is 9.53 Å². The zero-order valence-electron chi connectivity index (χ0n) is 10.3. The number of alkyl halides is 1. The van der Waals surface area contributed by atoms with Crippen molar-refractivity contribution in [1.29, 1.82) is 0 Å². The number of ether oxygens (including phenoxy) is 1. The van der Waals surface area contributed by atoms with Gasteiger partial charge in [0.15, 0.2) is 0 Å². The van der Waals surface area contributed by atoms with Gasteiger partial charge in [0.1, 0.15) is 11.6 Å². The lowest BCUT2D eigenvalue weighted by Gasteiger charge is -2.09. The van der Waals surface area contributed by atoms with E-state index in [0.29, 0.717) is 13.2 Å². The van der Waals surface area contributed by atoms with Crippen LogP contribution >= 0.6 is 11.6 Å². The van der Waals surface area contributed by atoms with E-state index < -0.39 is 0 Å².